The van der Waals surface area contributed by atoms with Crippen LogP contribution in [0, 0.1) is 138 Å². The molecule has 0 amide bonds. The molecule has 0 aliphatic carbocycles. The second-order valence-electron chi connectivity index (χ2n) is 36.2. The van der Waals surface area contributed by atoms with E-state index in [9.17, 15) is 0 Å². The summed E-state index contributed by atoms with van der Waals surface area (Å²) >= 11 is 0. The van der Waals surface area contributed by atoms with Gasteiger partial charge in [0.25, 0.3) is 0 Å². The van der Waals surface area contributed by atoms with Gasteiger partial charge in [-0.15, -0.1) is 27.7 Å². The fourth-order valence-corrected chi connectivity index (χ4v) is 17.2. The zero-order chi connectivity index (χ0) is 93.3. The molecule has 131 heavy (non-hydrogen) atoms. The Morgan fingerprint density at radius 1 is 0.115 bits per heavy atom. The summed E-state index contributed by atoms with van der Waals surface area (Å²) in [7, 11) is 8.33. The third kappa shape index (κ3) is 25.7. The molecule has 0 N–H and O–H groups in total. The molecule has 18 rings (SSSR count). The van der Waals surface area contributed by atoms with E-state index < -0.39 is 0 Å². The first-order valence-electron chi connectivity index (χ1n) is 45.7. The molecule has 0 aromatic heterocycles. The van der Waals surface area contributed by atoms with Crippen LogP contribution in [0.4, 0.5) is 0 Å². The highest BCUT2D eigenvalue weighted by Gasteiger charge is 2.14. The van der Waals surface area contributed by atoms with Crippen LogP contribution in [-0.4, -0.2) is 0 Å². The van der Waals surface area contributed by atoms with Crippen molar-refractivity contribution in [2.75, 3.05) is 0 Å². The molecule has 0 bridgehead atoms. The predicted octanol–water partition coefficient (Wildman–Crippen LogP) is 34.8. The summed E-state index contributed by atoms with van der Waals surface area (Å²) in [5.41, 5.74) is 57.2. The minimum atomic E-state index is 1.23. The lowest BCUT2D eigenvalue weighted by molar-refractivity contribution is 1.33. The van der Waals surface area contributed by atoms with Gasteiger partial charge in [0, 0.05) is 0 Å². The fraction of sp³-hybridized carbons (Fsp3) is 0.156. The van der Waals surface area contributed by atoms with Crippen LogP contribution in [0.3, 0.4) is 0 Å². The first kappa shape index (κ1) is 95.8. The van der Waals surface area contributed by atoms with Crippen LogP contribution in [0.5, 0.6) is 0 Å². The van der Waals surface area contributed by atoms with Crippen LogP contribution in [0.2, 0.25) is 0 Å². The Kier molecular flexibility index (Phi) is 32.4. The predicted molar refractivity (Wildman–Crippen MR) is 587 cm³/mol. The molecule has 0 heterocycles. The molecular weight excluding hydrogens is 1630 g/mol. The van der Waals surface area contributed by atoms with E-state index in [1.807, 2.05) is 0 Å². The first-order valence-corrected chi connectivity index (χ1v) is 47.5. The summed E-state index contributed by atoms with van der Waals surface area (Å²) in [5, 5.41) is 3.75. The molecule has 0 saturated heterocycles. The summed E-state index contributed by atoms with van der Waals surface area (Å²) < 4.78 is 0. The van der Waals surface area contributed by atoms with E-state index in [2.05, 4.69) is 536 Å². The van der Waals surface area contributed by atoms with E-state index in [1.54, 1.807) is 0 Å². The highest BCUT2D eigenvalue weighted by molar-refractivity contribution is 7.28. The molecule has 0 fully saturated rings. The van der Waals surface area contributed by atoms with Crippen molar-refractivity contribution in [2.45, 2.75) is 138 Å². The maximum absolute atomic E-state index is 2.79. The summed E-state index contributed by atoms with van der Waals surface area (Å²) in [6, 6.07) is 135. The van der Waals surface area contributed by atoms with E-state index in [4.69, 9.17) is 0 Å². The standard InChI is InChI=1S/3C22H22.2C21H21P.C20H19P/c1-15-5-9-19(10-6-15)20-11-8-17(3)22(14-20)21-12-7-16(2)18(4)13-21;1-15-5-9-19(10-6-15)22-14-21(12-8-17(22)3)20-11-7-16(2)18(4)13-20;1-15-5-8-19(9-6-15)21-11-16(2)12-22(14-21)20-10-7-17(3)18(4)13-20;1-14-4-6-17(7-5-14)19-10-15(2)11-20(13-19)18-8-9-21(22)16(3)12-18;1-14-7-9-20(15(2)11-14)17-5-4-6-18(13-17)21-10-8-19(22)12-16(21)3;1-14-6-8-16(9-7-14)17-4-3-5-18(13-17)19-10-11-20(21)15(2)12-19/h3*5-14H,1-4H3;2*4-13H,22H2,1-3H3;3-13H,21H2,1-2H3. The van der Waals surface area contributed by atoms with Crippen molar-refractivity contribution >= 4 is 43.6 Å². The van der Waals surface area contributed by atoms with Crippen LogP contribution in [-0.2, 0) is 0 Å². The van der Waals surface area contributed by atoms with Gasteiger partial charge in [-0.05, 0) is 402 Å². The SMILES string of the molecule is Cc1ccc(-c2cc(-c3ccc(C)c(C)c3)ccc2C)cc1.Cc1ccc(-c2cc(C)cc(-c3ccc(C)c(C)c3)c2)cc1.Cc1ccc(-c2cc(C)cc(-c3ccc(P)c(C)c3)c2)cc1.Cc1ccc(-c2ccc(C)c(-c3ccc(C)c(C)c3)c2)cc1.Cc1ccc(-c2cccc(-c3ccc(P)c(C)c3)c2)cc1.Cc1ccc(-c2cccc(-c3ccc(P)cc3C)c2)c(C)c1. The summed E-state index contributed by atoms with van der Waals surface area (Å²) in [6.45, 7) is 43.1. The average molecular weight is 1760 g/mol. The highest BCUT2D eigenvalue weighted by atomic mass is 31.0. The summed E-state index contributed by atoms with van der Waals surface area (Å²) in [5.74, 6) is 0. The molecule has 0 saturated carbocycles. The van der Waals surface area contributed by atoms with Gasteiger partial charge in [-0.1, -0.05) is 367 Å². The summed E-state index contributed by atoms with van der Waals surface area (Å²) in [4.78, 5) is 0. The Morgan fingerprint density at radius 2 is 0.351 bits per heavy atom. The van der Waals surface area contributed by atoms with E-state index in [0.29, 0.717) is 0 Å². The maximum Gasteiger partial charge on any atom is -0.0148 e. The van der Waals surface area contributed by atoms with Gasteiger partial charge < -0.3 is 0 Å². The van der Waals surface area contributed by atoms with Crippen molar-refractivity contribution < 1.29 is 0 Å². The van der Waals surface area contributed by atoms with Crippen LogP contribution in [0.15, 0.2) is 370 Å². The van der Waals surface area contributed by atoms with Crippen molar-refractivity contribution in [2.24, 2.45) is 0 Å². The van der Waals surface area contributed by atoms with Crippen LogP contribution >= 0.6 is 27.7 Å². The molecule has 654 valence electrons. The molecule has 18 aromatic carbocycles. The quantitative estimate of drug-likeness (QED) is 0.107. The van der Waals surface area contributed by atoms with E-state index >= 15 is 0 Å². The van der Waals surface area contributed by atoms with Gasteiger partial charge in [-0.25, -0.2) is 0 Å². The lowest BCUT2D eigenvalue weighted by atomic mass is 9.93. The van der Waals surface area contributed by atoms with E-state index in [1.165, 1.54) is 261 Å². The Morgan fingerprint density at radius 3 is 0.725 bits per heavy atom. The van der Waals surface area contributed by atoms with E-state index in [0.717, 1.165) is 0 Å². The normalized spacial score (nSPS) is 10.7. The van der Waals surface area contributed by atoms with Gasteiger partial charge in [-0.2, -0.15) is 0 Å². The average Bonchev–Trinajstić information content (AvgIpc) is 0.844. The van der Waals surface area contributed by atoms with Crippen molar-refractivity contribution in [3.63, 3.8) is 0 Å². The molecule has 0 aliphatic heterocycles. The number of benzene rings is 18. The Labute approximate surface area is 791 Å². The molecule has 3 heteroatoms. The van der Waals surface area contributed by atoms with Crippen LogP contribution < -0.4 is 15.9 Å². The topological polar surface area (TPSA) is 0 Å². The highest BCUT2D eigenvalue weighted by Crippen LogP contribution is 2.38. The van der Waals surface area contributed by atoms with Crippen molar-refractivity contribution in [3.8, 4) is 134 Å². The lowest BCUT2D eigenvalue weighted by Crippen LogP contribution is -1.96. The number of hydrogen-bond donors (Lipinski definition) is 0. The minimum absolute atomic E-state index is 1.23. The van der Waals surface area contributed by atoms with Crippen molar-refractivity contribution in [1.29, 1.82) is 0 Å². The van der Waals surface area contributed by atoms with E-state index in [-0.39, 0.29) is 0 Å². The molecular formula is C128H127P3. The van der Waals surface area contributed by atoms with Gasteiger partial charge in [-0.3, -0.25) is 0 Å². The third-order valence-corrected chi connectivity index (χ3v) is 26.9. The zero-order valence-electron chi connectivity index (χ0n) is 80.5. The molecule has 3 atom stereocenters. The van der Waals surface area contributed by atoms with Crippen LogP contribution in [0.25, 0.3) is 134 Å². The van der Waals surface area contributed by atoms with Gasteiger partial charge in [0.1, 0.15) is 0 Å². The minimum Gasteiger partial charge on any atom is -0.106 e. The van der Waals surface area contributed by atoms with Crippen molar-refractivity contribution in [1.82, 2.24) is 0 Å². The maximum atomic E-state index is 2.79. The zero-order valence-corrected chi connectivity index (χ0v) is 83.9. The van der Waals surface area contributed by atoms with Crippen LogP contribution in [0.1, 0.15) is 111 Å². The molecule has 18 aromatic rings. The Bertz CT molecular complexity index is 6830. The number of aryl methyl sites for hydroxylation is 20. The molecule has 0 nitrogen and oxygen atoms in total. The van der Waals surface area contributed by atoms with Gasteiger partial charge in [0.2, 0.25) is 0 Å². The Balaban J connectivity index is 0.000000134. The molecule has 3 unspecified atom stereocenters. The lowest BCUT2D eigenvalue weighted by Gasteiger charge is -2.11. The Hall–Kier alpha value is -12.8. The molecule has 0 radical (unpaired) electrons. The molecule has 0 aliphatic rings. The largest absolute Gasteiger partial charge is 0.106 e. The van der Waals surface area contributed by atoms with Gasteiger partial charge >= 0.3 is 0 Å². The molecule has 0 spiro atoms. The first-order chi connectivity index (χ1) is 62.8. The fourth-order valence-electron chi connectivity index (χ4n) is 16.5. The second kappa shape index (κ2) is 44.2. The summed E-state index contributed by atoms with van der Waals surface area (Å²) in [6.07, 6.45) is 0. The monoisotopic (exact) mass is 1760 g/mol. The third-order valence-electron chi connectivity index (χ3n) is 25.2. The van der Waals surface area contributed by atoms with Gasteiger partial charge in [0.05, 0.1) is 0 Å². The van der Waals surface area contributed by atoms with Gasteiger partial charge in [0.15, 0.2) is 0 Å². The number of rotatable bonds is 12. The second-order valence-corrected chi connectivity index (χ2v) is 38.1. The van der Waals surface area contributed by atoms with Crippen molar-refractivity contribution in [3.05, 3.63) is 481 Å². The smallest absolute Gasteiger partial charge is 0.0148 e. The number of hydrogen-bond acceptors (Lipinski definition) is 0.